The van der Waals surface area contributed by atoms with Gasteiger partial charge in [0.2, 0.25) is 0 Å². The fourth-order valence-corrected chi connectivity index (χ4v) is 1.17. The molecule has 90 valence electrons. The molecule has 16 heavy (non-hydrogen) atoms. The van der Waals surface area contributed by atoms with E-state index in [1.807, 2.05) is 0 Å². The van der Waals surface area contributed by atoms with Gasteiger partial charge in [-0.25, -0.2) is 14.8 Å². The summed E-state index contributed by atoms with van der Waals surface area (Å²) in [5.41, 5.74) is 11.1. The van der Waals surface area contributed by atoms with Crippen LogP contribution in [0.1, 0.15) is 27.2 Å². The number of hydrogen-bond acceptors (Lipinski definition) is 6. The van der Waals surface area contributed by atoms with Gasteiger partial charge in [0.25, 0.3) is 0 Å². The molecule has 0 fully saturated rings. The van der Waals surface area contributed by atoms with Crippen molar-refractivity contribution in [3.05, 3.63) is 0 Å². The van der Waals surface area contributed by atoms with Crippen molar-refractivity contribution in [3.8, 4) is 0 Å². The van der Waals surface area contributed by atoms with Gasteiger partial charge in [-0.05, 0) is 27.3 Å². The van der Waals surface area contributed by atoms with Crippen molar-refractivity contribution >= 4 is 17.9 Å². The summed E-state index contributed by atoms with van der Waals surface area (Å²) < 4.78 is 5.14. The molecule has 1 unspecified atom stereocenters. The third kappa shape index (κ3) is 3.11. The summed E-state index contributed by atoms with van der Waals surface area (Å²) in [5, 5.41) is 0. The van der Waals surface area contributed by atoms with Gasteiger partial charge in [0.15, 0.2) is 0 Å². The monoisotopic (exact) mass is 226 g/mol. The first-order valence-corrected chi connectivity index (χ1v) is 5.13. The molecule has 6 nitrogen and oxygen atoms in total. The predicted octanol–water partition coefficient (Wildman–Crippen LogP) is -0.185. The van der Waals surface area contributed by atoms with E-state index in [4.69, 9.17) is 16.2 Å². The Kier molecular flexibility index (Phi) is 3.44. The number of aliphatic imine (C=N–C) groups is 2. The maximum atomic E-state index is 11.7. The molecule has 1 heterocycles. The van der Waals surface area contributed by atoms with Crippen LogP contribution in [-0.4, -0.2) is 35.8 Å². The molecule has 0 aromatic rings. The largest absolute Gasteiger partial charge is 0.456 e. The lowest BCUT2D eigenvalue weighted by atomic mass is 10.2. The van der Waals surface area contributed by atoms with Crippen LogP contribution in [0.3, 0.4) is 0 Å². The van der Waals surface area contributed by atoms with Crippen LogP contribution in [0, 0.1) is 0 Å². The van der Waals surface area contributed by atoms with E-state index in [1.54, 1.807) is 20.8 Å². The van der Waals surface area contributed by atoms with Crippen molar-refractivity contribution in [2.75, 3.05) is 6.54 Å². The number of carbonyl (C=O) groups excluding carboxylic acids is 1. The second kappa shape index (κ2) is 4.31. The molecule has 1 rings (SSSR count). The molecule has 0 aromatic heterocycles. The van der Waals surface area contributed by atoms with E-state index in [2.05, 4.69) is 9.98 Å². The van der Waals surface area contributed by atoms with Crippen molar-refractivity contribution in [3.63, 3.8) is 0 Å². The van der Waals surface area contributed by atoms with Gasteiger partial charge in [0.05, 0.1) is 5.71 Å². The third-order valence-electron chi connectivity index (χ3n) is 1.82. The number of nitrogens with zero attached hydrogens (tertiary/aromatic N) is 2. The summed E-state index contributed by atoms with van der Waals surface area (Å²) in [6.07, 6.45) is 2.02. The third-order valence-corrected chi connectivity index (χ3v) is 1.82. The number of hydrogen-bond donors (Lipinski definition) is 2. The van der Waals surface area contributed by atoms with Gasteiger partial charge < -0.3 is 10.5 Å². The molecule has 1 aliphatic rings. The number of ether oxygens (including phenoxy) is 1. The van der Waals surface area contributed by atoms with E-state index in [-0.39, 0.29) is 0 Å². The van der Waals surface area contributed by atoms with Gasteiger partial charge in [-0.15, -0.1) is 0 Å². The van der Waals surface area contributed by atoms with Crippen LogP contribution in [0.4, 0.5) is 0 Å². The van der Waals surface area contributed by atoms with Crippen molar-refractivity contribution in [2.24, 2.45) is 21.5 Å². The lowest BCUT2D eigenvalue weighted by Gasteiger charge is -2.24. The Morgan fingerprint density at radius 3 is 2.69 bits per heavy atom. The molecule has 0 spiro atoms. The van der Waals surface area contributed by atoms with E-state index in [1.165, 1.54) is 6.21 Å². The van der Waals surface area contributed by atoms with Gasteiger partial charge in [-0.3, -0.25) is 5.73 Å². The molecule has 0 aromatic carbocycles. The summed E-state index contributed by atoms with van der Waals surface area (Å²) in [5.74, 6) is -2.28. The molecular formula is C10H18N4O2. The second-order valence-corrected chi connectivity index (χ2v) is 4.63. The van der Waals surface area contributed by atoms with E-state index in [9.17, 15) is 4.79 Å². The minimum Gasteiger partial charge on any atom is -0.456 e. The van der Waals surface area contributed by atoms with Crippen LogP contribution in [0.25, 0.3) is 0 Å². The van der Waals surface area contributed by atoms with Gasteiger partial charge in [-0.2, -0.15) is 0 Å². The minimum atomic E-state index is -1.63. The summed E-state index contributed by atoms with van der Waals surface area (Å²) in [4.78, 5) is 19.6. The molecule has 0 saturated heterocycles. The zero-order valence-corrected chi connectivity index (χ0v) is 9.86. The highest BCUT2D eigenvalue weighted by molar-refractivity contribution is 6.33. The molecule has 0 aliphatic carbocycles. The van der Waals surface area contributed by atoms with Crippen LogP contribution in [0.5, 0.6) is 0 Å². The van der Waals surface area contributed by atoms with Crippen molar-refractivity contribution < 1.29 is 9.53 Å². The Hall–Kier alpha value is -1.27. The topological polar surface area (TPSA) is 103 Å². The summed E-state index contributed by atoms with van der Waals surface area (Å²) in [7, 11) is 0. The molecule has 0 radical (unpaired) electrons. The van der Waals surface area contributed by atoms with E-state index in [0.29, 0.717) is 18.7 Å². The number of carbonyl (C=O) groups is 1. The smallest absolute Gasteiger partial charge is 0.373 e. The summed E-state index contributed by atoms with van der Waals surface area (Å²) in [6, 6.07) is 0. The zero-order valence-electron chi connectivity index (χ0n) is 9.86. The minimum absolute atomic E-state index is 0.440. The quantitative estimate of drug-likeness (QED) is 0.651. The highest BCUT2D eigenvalue weighted by Gasteiger charge is 2.39. The Morgan fingerprint density at radius 2 is 2.19 bits per heavy atom. The van der Waals surface area contributed by atoms with Gasteiger partial charge in [0.1, 0.15) is 5.60 Å². The van der Waals surface area contributed by atoms with Crippen molar-refractivity contribution in [2.45, 2.75) is 38.6 Å². The summed E-state index contributed by atoms with van der Waals surface area (Å²) in [6.45, 7) is 5.72. The average molecular weight is 226 g/mol. The molecule has 0 amide bonds. The molecular weight excluding hydrogens is 208 g/mol. The Bertz CT molecular complexity index is 343. The van der Waals surface area contributed by atoms with Crippen LogP contribution in [-0.2, 0) is 9.53 Å². The predicted molar refractivity (Wildman–Crippen MR) is 62.4 cm³/mol. The maximum Gasteiger partial charge on any atom is 0.373 e. The Labute approximate surface area is 94.8 Å². The molecule has 6 heteroatoms. The first-order chi connectivity index (χ1) is 7.27. The van der Waals surface area contributed by atoms with Gasteiger partial charge in [0, 0.05) is 12.6 Å². The van der Waals surface area contributed by atoms with Gasteiger partial charge in [-0.1, -0.05) is 0 Å². The number of nitrogens with two attached hydrogens (primary N) is 2. The SMILES string of the molecule is CC(C)(C)OC(=O)C1(N)N=CC(CCN)=N1. The molecule has 0 saturated carbocycles. The fourth-order valence-electron chi connectivity index (χ4n) is 1.17. The second-order valence-electron chi connectivity index (χ2n) is 4.63. The maximum absolute atomic E-state index is 11.7. The van der Waals surface area contributed by atoms with Crippen molar-refractivity contribution in [1.29, 1.82) is 0 Å². The standard InChI is InChI=1S/C10H18N4O2/c1-9(2,3)16-8(15)10(12)13-6-7(14-10)4-5-11/h6H,4-5,11-12H2,1-3H3. The lowest BCUT2D eigenvalue weighted by Crippen LogP contribution is -2.47. The van der Waals surface area contributed by atoms with E-state index >= 15 is 0 Å². The van der Waals surface area contributed by atoms with E-state index < -0.39 is 17.4 Å². The van der Waals surface area contributed by atoms with Crippen LogP contribution >= 0.6 is 0 Å². The van der Waals surface area contributed by atoms with E-state index in [0.717, 1.165) is 0 Å². The highest BCUT2D eigenvalue weighted by atomic mass is 16.6. The highest BCUT2D eigenvalue weighted by Crippen LogP contribution is 2.18. The zero-order chi connectivity index (χ0) is 12.4. The summed E-state index contributed by atoms with van der Waals surface area (Å²) >= 11 is 0. The van der Waals surface area contributed by atoms with Gasteiger partial charge >= 0.3 is 11.8 Å². The lowest BCUT2D eigenvalue weighted by molar-refractivity contribution is -0.160. The first-order valence-electron chi connectivity index (χ1n) is 5.13. The molecule has 1 atom stereocenters. The Balaban J connectivity index is 2.74. The van der Waals surface area contributed by atoms with Crippen LogP contribution in [0.2, 0.25) is 0 Å². The molecule has 0 bridgehead atoms. The molecule has 1 aliphatic heterocycles. The molecule has 4 N–H and O–H groups in total. The first kappa shape index (κ1) is 12.8. The number of esters is 1. The van der Waals surface area contributed by atoms with Crippen LogP contribution < -0.4 is 11.5 Å². The van der Waals surface area contributed by atoms with Crippen molar-refractivity contribution in [1.82, 2.24) is 0 Å². The number of rotatable bonds is 3. The normalized spacial score (nSPS) is 24.4. The fraction of sp³-hybridized carbons (Fsp3) is 0.700. The average Bonchev–Trinajstić information content (AvgIpc) is 2.47. The Morgan fingerprint density at radius 1 is 1.56 bits per heavy atom. The van der Waals surface area contributed by atoms with Crippen LogP contribution in [0.15, 0.2) is 9.98 Å².